The van der Waals surface area contributed by atoms with Crippen molar-refractivity contribution in [2.45, 2.75) is 37.8 Å². The van der Waals surface area contributed by atoms with E-state index in [2.05, 4.69) is 5.32 Å². The predicted molar refractivity (Wildman–Crippen MR) is 90.0 cm³/mol. The Morgan fingerprint density at radius 2 is 1.95 bits per heavy atom. The van der Waals surface area contributed by atoms with Crippen molar-refractivity contribution in [2.75, 3.05) is 19.6 Å². The molecule has 1 aromatic carbocycles. The van der Waals surface area contributed by atoms with E-state index in [1.807, 2.05) is 29.2 Å². The van der Waals surface area contributed by atoms with Crippen LogP contribution < -0.4 is 10.1 Å². The average Bonchev–Trinajstić information content (AvgIpc) is 3.04. The molecule has 2 fully saturated rings. The molecule has 6 heteroatoms. The van der Waals surface area contributed by atoms with Crippen LogP contribution in [0.5, 0.6) is 5.75 Å². The number of ether oxygens (including phenoxy) is 1. The summed E-state index contributed by atoms with van der Waals surface area (Å²) < 4.78 is 5.95. The first-order valence-electron chi connectivity index (χ1n) is 7.67. The number of carbonyl (C=O) groups excluding carboxylic acids is 1. The molecule has 1 aromatic rings. The topological polar surface area (TPSA) is 41.6 Å². The molecule has 0 aromatic heterocycles. The van der Waals surface area contributed by atoms with E-state index in [0.717, 1.165) is 51.1 Å². The maximum atomic E-state index is 12.3. The third-order valence-electron chi connectivity index (χ3n) is 4.24. The Morgan fingerprint density at radius 3 is 2.59 bits per heavy atom. The largest absolute Gasteiger partial charge is 0.489 e. The van der Waals surface area contributed by atoms with Crippen LogP contribution in [0.15, 0.2) is 24.3 Å². The van der Waals surface area contributed by atoms with Gasteiger partial charge in [0.05, 0.1) is 11.1 Å². The summed E-state index contributed by atoms with van der Waals surface area (Å²) in [6, 6.07) is 7.58. The number of amides is 1. The van der Waals surface area contributed by atoms with Crippen molar-refractivity contribution < 1.29 is 9.53 Å². The molecular weight excluding hydrogens is 323 g/mol. The van der Waals surface area contributed by atoms with Gasteiger partial charge in [-0.25, -0.2) is 0 Å². The summed E-state index contributed by atoms with van der Waals surface area (Å²) in [6.45, 7) is 2.50. The Balaban J connectivity index is 0.00000176. The lowest BCUT2D eigenvalue weighted by Crippen LogP contribution is -2.48. The average molecular weight is 345 g/mol. The molecule has 0 radical (unpaired) electrons. The summed E-state index contributed by atoms with van der Waals surface area (Å²) in [5, 5.41) is 3.92. The van der Waals surface area contributed by atoms with Crippen LogP contribution in [-0.2, 0) is 4.79 Å². The molecule has 2 aliphatic rings. The van der Waals surface area contributed by atoms with Gasteiger partial charge in [0.25, 0.3) is 0 Å². The number of piperidine rings is 1. The number of nitrogens with one attached hydrogen (secondary N) is 1. The summed E-state index contributed by atoms with van der Waals surface area (Å²) in [5.41, 5.74) is 0. The quantitative estimate of drug-likeness (QED) is 0.916. The first-order chi connectivity index (χ1) is 10.2. The van der Waals surface area contributed by atoms with Crippen LogP contribution in [0.4, 0.5) is 0 Å². The highest BCUT2D eigenvalue weighted by Crippen LogP contribution is 2.27. The van der Waals surface area contributed by atoms with E-state index in [0.29, 0.717) is 5.02 Å². The van der Waals surface area contributed by atoms with Crippen molar-refractivity contribution in [1.82, 2.24) is 10.2 Å². The van der Waals surface area contributed by atoms with E-state index in [-0.39, 0.29) is 30.5 Å². The molecule has 122 valence electrons. The monoisotopic (exact) mass is 344 g/mol. The van der Waals surface area contributed by atoms with Crippen LogP contribution in [0.25, 0.3) is 0 Å². The van der Waals surface area contributed by atoms with Gasteiger partial charge in [0.15, 0.2) is 0 Å². The van der Waals surface area contributed by atoms with Gasteiger partial charge >= 0.3 is 0 Å². The molecule has 0 aliphatic carbocycles. The SMILES string of the molecule is Cl.O=C(C1CCCN1)N1CCC(Oc2ccccc2Cl)CC1. The maximum Gasteiger partial charge on any atom is 0.239 e. The lowest BCUT2D eigenvalue weighted by atomic mass is 10.1. The fourth-order valence-electron chi connectivity index (χ4n) is 3.03. The molecule has 4 nitrogen and oxygen atoms in total. The smallest absolute Gasteiger partial charge is 0.239 e. The molecule has 1 amide bonds. The van der Waals surface area contributed by atoms with E-state index in [1.54, 1.807) is 0 Å². The molecule has 0 bridgehead atoms. The molecule has 0 spiro atoms. The minimum absolute atomic E-state index is 0. The molecule has 2 aliphatic heterocycles. The minimum Gasteiger partial charge on any atom is -0.489 e. The van der Waals surface area contributed by atoms with Crippen LogP contribution in [0.1, 0.15) is 25.7 Å². The molecular formula is C16H22Cl2N2O2. The summed E-state index contributed by atoms with van der Waals surface area (Å²) in [4.78, 5) is 14.3. The number of hydrogen-bond acceptors (Lipinski definition) is 3. The van der Waals surface area contributed by atoms with Crippen LogP contribution in [0, 0.1) is 0 Å². The maximum absolute atomic E-state index is 12.3. The second-order valence-corrected chi connectivity index (χ2v) is 6.13. The third-order valence-corrected chi connectivity index (χ3v) is 4.55. The van der Waals surface area contributed by atoms with Gasteiger partial charge < -0.3 is 15.0 Å². The van der Waals surface area contributed by atoms with Gasteiger partial charge in [0.2, 0.25) is 5.91 Å². The number of halogens is 2. The zero-order valence-corrected chi connectivity index (χ0v) is 14.0. The summed E-state index contributed by atoms with van der Waals surface area (Å²) in [7, 11) is 0. The van der Waals surface area contributed by atoms with Crippen molar-refractivity contribution in [1.29, 1.82) is 0 Å². The van der Waals surface area contributed by atoms with Crippen LogP contribution in [0.3, 0.4) is 0 Å². The number of carbonyl (C=O) groups is 1. The number of para-hydroxylation sites is 1. The molecule has 2 saturated heterocycles. The summed E-state index contributed by atoms with van der Waals surface area (Å²) >= 11 is 6.11. The molecule has 0 saturated carbocycles. The van der Waals surface area contributed by atoms with Gasteiger partial charge in [-0.1, -0.05) is 23.7 Å². The van der Waals surface area contributed by atoms with Gasteiger partial charge in [-0.15, -0.1) is 12.4 Å². The van der Waals surface area contributed by atoms with E-state index in [1.165, 1.54) is 0 Å². The second-order valence-electron chi connectivity index (χ2n) is 5.72. The van der Waals surface area contributed by atoms with Gasteiger partial charge in [-0.05, 0) is 31.5 Å². The van der Waals surface area contributed by atoms with Crippen molar-refractivity contribution in [3.63, 3.8) is 0 Å². The second kappa shape index (κ2) is 8.04. The fourth-order valence-corrected chi connectivity index (χ4v) is 3.21. The number of hydrogen-bond donors (Lipinski definition) is 1. The Bertz CT molecular complexity index is 499. The fraction of sp³-hybridized carbons (Fsp3) is 0.562. The van der Waals surface area contributed by atoms with Crippen LogP contribution in [-0.4, -0.2) is 42.6 Å². The Labute approximate surface area is 142 Å². The molecule has 1 atom stereocenters. The highest BCUT2D eigenvalue weighted by atomic mass is 35.5. The Kier molecular flexibility index (Phi) is 6.36. The number of rotatable bonds is 3. The number of likely N-dealkylation sites (tertiary alicyclic amines) is 1. The first kappa shape index (κ1) is 17.4. The summed E-state index contributed by atoms with van der Waals surface area (Å²) in [6.07, 6.45) is 3.94. The van der Waals surface area contributed by atoms with Crippen molar-refractivity contribution in [3.05, 3.63) is 29.3 Å². The zero-order valence-electron chi connectivity index (χ0n) is 12.5. The zero-order chi connectivity index (χ0) is 14.7. The molecule has 22 heavy (non-hydrogen) atoms. The standard InChI is InChI=1S/C16H21ClN2O2.ClH/c17-13-4-1-2-6-15(13)21-12-7-10-19(11-8-12)16(20)14-5-3-9-18-14;/h1-2,4,6,12,14,18H,3,5,7-11H2;1H. The van der Waals surface area contributed by atoms with Crippen LogP contribution >= 0.6 is 24.0 Å². The van der Waals surface area contributed by atoms with E-state index >= 15 is 0 Å². The molecule has 2 heterocycles. The number of benzene rings is 1. The van der Waals surface area contributed by atoms with Crippen molar-refractivity contribution in [2.24, 2.45) is 0 Å². The predicted octanol–water partition coefficient (Wildman–Crippen LogP) is 2.88. The van der Waals surface area contributed by atoms with Gasteiger partial charge in [0, 0.05) is 25.9 Å². The van der Waals surface area contributed by atoms with E-state index in [4.69, 9.17) is 16.3 Å². The Morgan fingerprint density at radius 1 is 1.23 bits per heavy atom. The molecule has 1 unspecified atom stereocenters. The van der Waals surface area contributed by atoms with E-state index in [9.17, 15) is 4.79 Å². The van der Waals surface area contributed by atoms with E-state index < -0.39 is 0 Å². The van der Waals surface area contributed by atoms with Crippen LogP contribution in [0.2, 0.25) is 5.02 Å². The number of nitrogens with zero attached hydrogens (tertiary/aromatic N) is 1. The lowest BCUT2D eigenvalue weighted by Gasteiger charge is -2.33. The Hall–Kier alpha value is -0.970. The molecule has 1 N–H and O–H groups in total. The third kappa shape index (κ3) is 4.06. The first-order valence-corrected chi connectivity index (χ1v) is 8.05. The highest BCUT2D eigenvalue weighted by molar-refractivity contribution is 6.32. The van der Waals surface area contributed by atoms with Crippen molar-refractivity contribution >= 4 is 29.9 Å². The van der Waals surface area contributed by atoms with Gasteiger partial charge in [-0.3, -0.25) is 4.79 Å². The summed E-state index contributed by atoms with van der Waals surface area (Å²) in [5.74, 6) is 0.991. The van der Waals surface area contributed by atoms with Crippen molar-refractivity contribution in [3.8, 4) is 5.75 Å². The lowest BCUT2D eigenvalue weighted by molar-refractivity contribution is -0.134. The highest BCUT2D eigenvalue weighted by Gasteiger charge is 2.30. The minimum atomic E-state index is 0. The van der Waals surface area contributed by atoms with Gasteiger partial charge in [-0.2, -0.15) is 0 Å². The normalized spacial score (nSPS) is 22.2. The van der Waals surface area contributed by atoms with Gasteiger partial charge in [0.1, 0.15) is 11.9 Å². The molecule has 3 rings (SSSR count).